The molecule has 5 nitrogen and oxygen atoms in total. The van der Waals surface area contributed by atoms with E-state index in [1.54, 1.807) is 23.1 Å². The lowest BCUT2D eigenvalue weighted by Gasteiger charge is -2.26. The van der Waals surface area contributed by atoms with Crippen LogP contribution in [0.1, 0.15) is 5.56 Å². The summed E-state index contributed by atoms with van der Waals surface area (Å²) in [5.74, 6) is -2.53. The number of nitrogens with zero attached hydrogens (tertiary/aromatic N) is 3. The van der Waals surface area contributed by atoms with E-state index in [0.717, 1.165) is 18.0 Å². The highest BCUT2D eigenvalue weighted by molar-refractivity contribution is 5.82. The first-order valence-corrected chi connectivity index (χ1v) is 7.06. The normalized spacial score (nSPS) is 16.8. The van der Waals surface area contributed by atoms with Crippen molar-refractivity contribution in [2.45, 2.75) is 18.6 Å². The molecular formula is C15H12F4N4O. The van der Waals surface area contributed by atoms with Gasteiger partial charge in [-0.2, -0.15) is 17.6 Å². The largest absolute Gasteiger partial charge is 0.471 e. The van der Waals surface area contributed by atoms with Crippen molar-refractivity contribution in [1.29, 1.82) is 0 Å². The minimum Gasteiger partial charge on any atom is -0.346 e. The SMILES string of the molecule is O=C(NCC1Cc2ccccc2N1c1cc(F)ncn1)C(F)(F)F. The van der Waals surface area contributed by atoms with Crippen LogP contribution in [0.4, 0.5) is 29.1 Å². The van der Waals surface area contributed by atoms with E-state index in [-0.39, 0.29) is 12.4 Å². The standard InChI is InChI=1S/C15H12F4N4O/c16-12-6-13(22-8-21-12)23-10(7-20-14(24)15(17,18)19)5-9-3-1-2-4-11(9)23/h1-4,6,8,10H,5,7H2,(H,20,24). The molecule has 1 N–H and O–H groups in total. The van der Waals surface area contributed by atoms with E-state index in [9.17, 15) is 22.4 Å². The predicted molar refractivity (Wildman–Crippen MR) is 77.1 cm³/mol. The van der Waals surface area contributed by atoms with Gasteiger partial charge < -0.3 is 10.2 Å². The molecule has 1 aliphatic rings. The van der Waals surface area contributed by atoms with E-state index in [1.165, 1.54) is 0 Å². The molecule has 1 unspecified atom stereocenters. The van der Waals surface area contributed by atoms with Gasteiger partial charge in [-0.3, -0.25) is 4.79 Å². The molecule has 0 fully saturated rings. The van der Waals surface area contributed by atoms with Crippen molar-refractivity contribution < 1.29 is 22.4 Å². The van der Waals surface area contributed by atoms with E-state index in [4.69, 9.17) is 0 Å². The molecule has 1 atom stereocenters. The van der Waals surface area contributed by atoms with Crippen molar-refractivity contribution in [3.8, 4) is 0 Å². The number of amides is 1. The minimum atomic E-state index is -4.95. The maximum absolute atomic E-state index is 13.4. The Balaban J connectivity index is 1.87. The third-order valence-electron chi connectivity index (χ3n) is 3.69. The Morgan fingerprint density at radius 2 is 2.04 bits per heavy atom. The van der Waals surface area contributed by atoms with E-state index >= 15 is 0 Å². The molecule has 2 aromatic rings. The maximum Gasteiger partial charge on any atom is 0.471 e. The van der Waals surface area contributed by atoms with E-state index in [0.29, 0.717) is 12.1 Å². The topological polar surface area (TPSA) is 58.1 Å². The van der Waals surface area contributed by atoms with Crippen molar-refractivity contribution in [3.05, 3.63) is 48.2 Å². The fraction of sp³-hybridized carbons (Fsp3) is 0.267. The second-order valence-corrected chi connectivity index (χ2v) is 5.26. The summed E-state index contributed by atoms with van der Waals surface area (Å²) in [5, 5.41) is 1.87. The second-order valence-electron chi connectivity index (χ2n) is 5.26. The van der Waals surface area contributed by atoms with Crippen LogP contribution in [0.15, 0.2) is 36.7 Å². The van der Waals surface area contributed by atoms with Gasteiger partial charge >= 0.3 is 12.1 Å². The molecule has 0 aliphatic carbocycles. The number of fused-ring (bicyclic) bond motifs is 1. The number of carbonyl (C=O) groups is 1. The third kappa shape index (κ3) is 3.15. The van der Waals surface area contributed by atoms with Gasteiger partial charge in [0.15, 0.2) is 0 Å². The summed E-state index contributed by atoms with van der Waals surface area (Å²) in [6.45, 7) is -0.251. The van der Waals surface area contributed by atoms with Crippen LogP contribution in [-0.2, 0) is 11.2 Å². The van der Waals surface area contributed by atoms with Gasteiger partial charge in [0.25, 0.3) is 0 Å². The fourth-order valence-corrected chi connectivity index (χ4v) is 2.70. The number of alkyl halides is 3. The number of anilines is 2. The summed E-state index contributed by atoms with van der Waals surface area (Å²) in [6, 6.07) is 7.74. The van der Waals surface area contributed by atoms with Gasteiger partial charge in [-0.15, -0.1) is 0 Å². The highest BCUT2D eigenvalue weighted by Gasteiger charge is 2.40. The number of nitrogens with one attached hydrogen (secondary N) is 1. The Morgan fingerprint density at radius 1 is 1.29 bits per heavy atom. The molecule has 3 rings (SSSR count). The van der Waals surface area contributed by atoms with Crippen molar-refractivity contribution in [2.75, 3.05) is 11.4 Å². The van der Waals surface area contributed by atoms with Gasteiger partial charge in [-0.05, 0) is 18.1 Å². The van der Waals surface area contributed by atoms with E-state index < -0.39 is 24.1 Å². The Morgan fingerprint density at radius 3 is 2.75 bits per heavy atom. The number of halogens is 4. The van der Waals surface area contributed by atoms with Crippen molar-refractivity contribution in [3.63, 3.8) is 0 Å². The lowest BCUT2D eigenvalue weighted by atomic mass is 10.1. The molecule has 1 aromatic heterocycles. The van der Waals surface area contributed by atoms with Crippen LogP contribution in [0.5, 0.6) is 0 Å². The Hall–Kier alpha value is -2.71. The molecule has 0 saturated heterocycles. The maximum atomic E-state index is 13.4. The number of para-hydroxylation sites is 1. The summed E-state index contributed by atoms with van der Waals surface area (Å²) in [7, 11) is 0. The Bertz CT molecular complexity index is 765. The lowest BCUT2D eigenvalue weighted by Crippen LogP contribution is -2.44. The number of rotatable bonds is 3. The van der Waals surface area contributed by atoms with Gasteiger partial charge in [0.05, 0.1) is 6.04 Å². The molecule has 126 valence electrons. The zero-order valence-corrected chi connectivity index (χ0v) is 12.2. The van der Waals surface area contributed by atoms with Crippen molar-refractivity contribution in [2.24, 2.45) is 0 Å². The minimum absolute atomic E-state index is 0.221. The Kier molecular flexibility index (Phi) is 4.08. The molecule has 0 saturated carbocycles. The quantitative estimate of drug-likeness (QED) is 0.688. The molecule has 1 aliphatic heterocycles. The molecule has 0 bridgehead atoms. The van der Waals surface area contributed by atoms with Gasteiger partial charge in [-0.1, -0.05) is 18.2 Å². The number of hydrogen-bond acceptors (Lipinski definition) is 4. The first-order chi connectivity index (χ1) is 11.4. The van der Waals surface area contributed by atoms with Gasteiger partial charge in [0.1, 0.15) is 12.1 Å². The van der Waals surface area contributed by atoms with Crippen molar-refractivity contribution in [1.82, 2.24) is 15.3 Å². The lowest BCUT2D eigenvalue weighted by molar-refractivity contribution is -0.173. The second kappa shape index (κ2) is 6.06. The molecule has 1 amide bonds. The Labute approximate surface area is 134 Å². The van der Waals surface area contributed by atoms with Crippen LogP contribution in [0.25, 0.3) is 0 Å². The molecule has 0 radical (unpaired) electrons. The van der Waals surface area contributed by atoms with Crippen LogP contribution in [0.3, 0.4) is 0 Å². The van der Waals surface area contributed by atoms with E-state index in [2.05, 4.69) is 9.97 Å². The molecule has 1 aromatic carbocycles. The first-order valence-electron chi connectivity index (χ1n) is 7.06. The molecule has 24 heavy (non-hydrogen) atoms. The van der Waals surface area contributed by atoms with Crippen LogP contribution in [0.2, 0.25) is 0 Å². The third-order valence-corrected chi connectivity index (χ3v) is 3.69. The molecule has 0 spiro atoms. The fourth-order valence-electron chi connectivity index (χ4n) is 2.70. The molecule has 9 heteroatoms. The van der Waals surface area contributed by atoms with Gasteiger partial charge in [0, 0.05) is 18.3 Å². The van der Waals surface area contributed by atoms with Crippen LogP contribution in [-0.4, -0.2) is 34.6 Å². The molecular weight excluding hydrogens is 328 g/mol. The summed E-state index contributed by atoms with van der Waals surface area (Å²) >= 11 is 0. The summed E-state index contributed by atoms with van der Waals surface area (Å²) in [6.07, 6.45) is -3.51. The zero-order valence-electron chi connectivity index (χ0n) is 12.2. The highest BCUT2D eigenvalue weighted by atomic mass is 19.4. The van der Waals surface area contributed by atoms with Crippen LogP contribution in [0, 0.1) is 5.95 Å². The smallest absolute Gasteiger partial charge is 0.346 e. The average molecular weight is 340 g/mol. The summed E-state index contributed by atoms with van der Waals surface area (Å²) in [5.41, 5.74) is 1.59. The highest BCUT2D eigenvalue weighted by Crippen LogP contribution is 2.37. The first kappa shape index (κ1) is 16.2. The zero-order chi connectivity index (χ0) is 17.3. The number of aromatic nitrogens is 2. The van der Waals surface area contributed by atoms with E-state index in [1.807, 2.05) is 11.4 Å². The van der Waals surface area contributed by atoms with Gasteiger partial charge in [-0.25, -0.2) is 9.97 Å². The van der Waals surface area contributed by atoms with Crippen LogP contribution < -0.4 is 10.2 Å². The van der Waals surface area contributed by atoms with Crippen molar-refractivity contribution >= 4 is 17.4 Å². The van der Waals surface area contributed by atoms with Crippen LogP contribution >= 0.6 is 0 Å². The monoisotopic (exact) mass is 340 g/mol. The molecule has 2 heterocycles. The van der Waals surface area contributed by atoms with Gasteiger partial charge in [0.2, 0.25) is 5.95 Å². The summed E-state index contributed by atoms with van der Waals surface area (Å²) < 4.78 is 50.5. The number of carbonyl (C=O) groups excluding carboxylic acids is 1. The predicted octanol–water partition coefficient (Wildman–Crippen LogP) is 2.36. The summed E-state index contributed by atoms with van der Waals surface area (Å²) in [4.78, 5) is 20.0. The number of hydrogen-bond donors (Lipinski definition) is 1. The number of benzene rings is 1. The average Bonchev–Trinajstić information content (AvgIpc) is 2.90.